The van der Waals surface area contributed by atoms with Crippen molar-refractivity contribution < 1.29 is 17.6 Å². The number of urea groups is 1. The fraction of sp³-hybridized carbons (Fsp3) is 0.167. The molecule has 0 saturated heterocycles. The molecule has 0 saturated carbocycles. The molecule has 4 rings (SSSR count). The van der Waals surface area contributed by atoms with E-state index < -0.39 is 27.4 Å². The number of carbonyl (C=O) groups is 1. The van der Waals surface area contributed by atoms with E-state index in [-0.39, 0.29) is 19.9 Å². The maximum absolute atomic E-state index is 15.0. The number of benzene rings is 2. The molecule has 0 spiro atoms. The molecule has 4 aromatic rings. The first kappa shape index (κ1) is 26.6. The number of thiophene rings is 1. The number of nitrogens with zero attached hydrogens (tertiary/aromatic N) is 2. The molecule has 0 bridgehead atoms. The van der Waals surface area contributed by atoms with Crippen LogP contribution in [0.25, 0.3) is 16.5 Å². The number of sulfonamides is 1. The highest BCUT2D eigenvalue weighted by atomic mass is 35.5. The molecule has 9 nitrogen and oxygen atoms in total. The number of amides is 2. The van der Waals surface area contributed by atoms with Crippen molar-refractivity contribution in [3.8, 4) is 5.69 Å². The van der Waals surface area contributed by atoms with E-state index in [9.17, 15) is 22.4 Å². The maximum atomic E-state index is 15.0. The third-order valence-corrected chi connectivity index (χ3v) is 8.35. The number of pyridine rings is 1. The van der Waals surface area contributed by atoms with Gasteiger partial charge in [0.15, 0.2) is 0 Å². The number of aromatic nitrogens is 1. The van der Waals surface area contributed by atoms with Crippen molar-refractivity contribution >= 4 is 61.1 Å². The Kier molecular flexibility index (Phi) is 7.83. The first-order valence-electron chi connectivity index (χ1n) is 11.0. The Morgan fingerprint density at radius 3 is 2.51 bits per heavy atom. The van der Waals surface area contributed by atoms with Crippen molar-refractivity contribution in [1.82, 2.24) is 14.2 Å². The lowest BCUT2D eigenvalue weighted by Crippen LogP contribution is -2.34. The van der Waals surface area contributed by atoms with Crippen LogP contribution in [0.3, 0.4) is 0 Å². The molecule has 13 heteroatoms. The summed E-state index contributed by atoms with van der Waals surface area (Å²) in [5.41, 5.74) is 0.443. The van der Waals surface area contributed by atoms with Crippen LogP contribution in [0, 0.1) is 5.82 Å². The van der Waals surface area contributed by atoms with Crippen molar-refractivity contribution in [2.45, 2.75) is 4.21 Å². The molecule has 0 atom stereocenters. The van der Waals surface area contributed by atoms with Crippen LogP contribution in [-0.4, -0.2) is 51.1 Å². The number of anilines is 2. The number of hydrogen-bond acceptors (Lipinski definition) is 7. The van der Waals surface area contributed by atoms with E-state index in [2.05, 4.69) is 15.5 Å². The van der Waals surface area contributed by atoms with Gasteiger partial charge in [-0.15, -0.1) is 11.3 Å². The second-order valence-electron chi connectivity index (χ2n) is 8.31. The summed E-state index contributed by atoms with van der Waals surface area (Å²) in [6, 6.07) is 12.3. The van der Waals surface area contributed by atoms with Crippen molar-refractivity contribution in [3.05, 3.63) is 81.3 Å². The molecule has 0 unspecified atom stereocenters. The highest BCUT2D eigenvalue weighted by Gasteiger charge is 2.20. The van der Waals surface area contributed by atoms with Crippen molar-refractivity contribution in [1.29, 1.82) is 0 Å². The number of likely N-dealkylation sites (N-methyl/N-ethyl adjacent to an activating group) is 1. The number of nitrogens with one attached hydrogen (secondary N) is 3. The molecular weight excluding hydrogens is 541 g/mol. The Morgan fingerprint density at radius 1 is 1.08 bits per heavy atom. The van der Waals surface area contributed by atoms with Gasteiger partial charge in [-0.3, -0.25) is 9.36 Å². The van der Waals surface area contributed by atoms with E-state index in [1.54, 1.807) is 18.2 Å². The van der Waals surface area contributed by atoms with Crippen LogP contribution < -0.4 is 20.9 Å². The van der Waals surface area contributed by atoms with Crippen molar-refractivity contribution in [3.63, 3.8) is 0 Å². The SMILES string of the molecule is CN(C)CCNc1ccc2c(=O)n(-c3ccc(NC(=O)NS(=O)(=O)c4ccc(Cl)s4)cc3F)ccc2c1. The van der Waals surface area contributed by atoms with E-state index in [1.807, 2.05) is 24.9 Å². The summed E-state index contributed by atoms with van der Waals surface area (Å²) in [4.78, 5) is 27.3. The van der Waals surface area contributed by atoms with Crippen LogP contribution in [0.2, 0.25) is 4.34 Å². The van der Waals surface area contributed by atoms with Gasteiger partial charge in [-0.25, -0.2) is 22.3 Å². The lowest BCUT2D eigenvalue weighted by molar-refractivity contribution is 0.256. The zero-order valence-corrected chi connectivity index (χ0v) is 22.2. The first-order valence-corrected chi connectivity index (χ1v) is 13.6. The second kappa shape index (κ2) is 10.9. The fourth-order valence-corrected chi connectivity index (χ4v) is 5.91. The van der Waals surface area contributed by atoms with Gasteiger partial charge in [0.1, 0.15) is 10.0 Å². The minimum atomic E-state index is -4.13. The van der Waals surface area contributed by atoms with Crippen LogP contribution in [0.1, 0.15) is 0 Å². The van der Waals surface area contributed by atoms with E-state index in [1.165, 1.54) is 35.0 Å². The molecular formula is C24H23ClFN5O4S2. The summed E-state index contributed by atoms with van der Waals surface area (Å²) >= 11 is 6.54. The molecule has 2 aromatic carbocycles. The van der Waals surface area contributed by atoms with Gasteiger partial charge in [0.25, 0.3) is 15.6 Å². The van der Waals surface area contributed by atoms with Gasteiger partial charge >= 0.3 is 6.03 Å². The maximum Gasteiger partial charge on any atom is 0.333 e. The summed E-state index contributed by atoms with van der Waals surface area (Å²) < 4.78 is 42.6. The monoisotopic (exact) mass is 563 g/mol. The van der Waals surface area contributed by atoms with E-state index >= 15 is 0 Å². The normalized spacial score (nSPS) is 11.6. The number of fused-ring (bicyclic) bond motifs is 1. The standard InChI is InChI=1S/C24H23ClFN5O4S2/c1-30(2)12-10-27-16-3-5-18-15(13-16)9-11-31(23(18)32)20-6-4-17(14-19(20)26)28-24(33)29-37(34,35)22-8-7-21(25)36-22/h3-9,11,13-14,27H,10,12H2,1-2H3,(H2,28,29,33). The molecule has 2 aromatic heterocycles. The smallest absolute Gasteiger partial charge is 0.333 e. The van der Waals surface area contributed by atoms with Gasteiger partial charge in [-0.1, -0.05) is 11.6 Å². The summed E-state index contributed by atoms with van der Waals surface area (Å²) in [6.07, 6.45) is 1.48. The van der Waals surface area contributed by atoms with Gasteiger partial charge in [0.2, 0.25) is 0 Å². The summed E-state index contributed by atoms with van der Waals surface area (Å²) in [5, 5.41) is 6.69. The van der Waals surface area contributed by atoms with Crippen LogP contribution in [0.15, 0.2) is 69.8 Å². The number of carbonyl (C=O) groups excluding carboxylic acids is 1. The Labute approximate surface area is 221 Å². The highest BCUT2D eigenvalue weighted by molar-refractivity contribution is 7.92. The average Bonchev–Trinajstić information content (AvgIpc) is 3.27. The molecule has 0 aliphatic heterocycles. The second-order valence-corrected chi connectivity index (χ2v) is 11.9. The fourth-order valence-electron chi connectivity index (χ4n) is 3.52. The molecule has 3 N–H and O–H groups in total. The first-order chi connectivity index (χ1) is 17.5. The molecule has 0 fully saturated rings. The number of rotatable bonds is 8. The van der Waals surface area contributed by atoms with E-state index in [4.69, 9.17) is 11.6 Å². The average molecular weight is 564 g/mol. The number of hydrogen-bond donors (Lipinski definition) is 3. The Balaban J connectivity index is 1.51. The van der Waals surface area contributed by atoms with Gasteiger partial charge in [-0.05, 0) is 74.1 Å². The van der Waals surface area contributed by atoms with E-state index in [0.717, 1.165) is 36.2 Å². The molecule has 194 valence electrons. The molecule has 2 amide bonds. The van der Waals surface area contributed by atoms with E-state index in [0.29, 0.717) is 10.8 Å². The van der Waals surface area contributed by atoms with Crippen LogP contribution >= 0.6 is 22.9 Å². The molecule has 2 heterocycles. The molecule has 0 aliphatic rings. The van der Waals surface area contributed by atoms with Crippen LogP contribution in [-0.2, 0) is 10.0 Å². The molecule has 0 aliphatic carbocycles. The minimum Gasteiger partial charge on any atom is -0.384 e. The predicted molar refractivity (Wildman–Crippen MR) is 145 cm³/mol. The predicted octanol–water partition coefficient (Wildman–Crippen LogP) is 4.33. The minimum absolute atomic E-state index is 0.000408. The van der Waals surface area contributed by atoms with Crippen LogP contribution in [0.5, 0.6) is 0 Å². The zero-order chi connectivity index (χ0) is 26.7. The zero-order valence-electron chi connectivity index (χ0n) is 19.8. The number of halogens is 2. The Bertz CT molecular complexity index is 1640. The van der Waals surface area contributed by atoms with Crippen molar-refractivity contribution in [2.24, 2.45) is 0 Å². The largest absolute Gasteiger partial charge is 0.384 e. The summed E-state index contributed by atoms with van der Waals surface area (Å²) in [6.45, 7) is 1.60. The third kappa shape index (κ3) is 6.28. The third-order valence-electron chi connectivity index (χ3n) is 5.30. The summed E-state index contributed by atoms with van der Waals surface area (Å²) in [5.74, 6) is -0.783. The van der Waals surface area contributed by atoms with Crippen molar-refractivity contribution in [2.75, 3.05) is 37.8 Å². The van der Waals surface area contributed by atoms with Gasteiger partial charge in [-0.2, -0.15) is 0 Å². The lowest BCUT2D eigenvalue weighted by Gasteiger charge is -2.13. The van der Waals surface area contributed by atoms with Gasteiger partial charge < -0.3 is 15.5 Å². The topological polar surface area (TPSA) is 113 Å². The molecule has 0 radical (unpaired) electrons. The van der Waals surface area contributed by atoms with Gasteiger partial charge in [0.05, 0.1) is 10.0 Å². The molecule has 37 heavy (non-hydrogen) atoms. The van der Waals surface area contributed by atoms with Crippen LogP contribution in [0.4, 0.5) is 20.6 Å². The van der Waals surface area contributed by atoms with Gasteiger partial charge in [0, 0.05) is 36.0 Å². The Hall–Kier alpha value is -3.45. The Morgan fingerprint density at radius 2 is 1.84 bits per heavy atom. The lowest BCUT2D eigenvalue weighted by atomic mass is 10.1. The highest BCUT2D eigenvalue weighted by Crippen LogP contribution is 2.25. The summed E-state index contributed by atoms with van der Waals surface area (Å²) in [7, 11) is -0.171. The quantitative estimate of drug-likeness (QED) is 0.294.